The highest BCUT2D eigenvalue weighted by Crippen LogP contribution is 2.30. The lowest BCUT2D eigenvalue weighted by Crippen LogP contribution is -2.45. The zero-order valence-electron chi connectivity index (χ0n) is 19.4. The summed E-state index contributed by atoms with van der Waals surface area (Å²) in [6.07, 6.45) is 7.73. The number of likely N-dealkylation sites (tertiary alicyclic amines) is 1. The minimum atomic E-state index is 0. The fourth-order valence-electron chi connectivity index (χ4n) is 4.34. The Morgan fingerprint density at radius 3 is 2.32 bits per heavy atom. The summed E-state index contributed by atoms with van der Waals surface area (Å²) in [6, 6.07) is 6.42. The highest BCUT2D eigenvalue weighted by molar-refractivity contribution is 14.0. The van der Waals surface area contributed by atoms with Gasteiger partial charge in [0.15, 0.2) is 5.96 Å². The highest BCUT2D eigenvalue weighted by atomic mass is 127. The van der Waals surface area contributed by atoms with E-state index in [9.17, 15) is 0 Å². The molecular formula is C23H40IN5O2. The molecule has 2 N–H and O–H groups in total. The van der Waals surface area contributed by atoms with Crippen molar-refractivity contribution in [3.8, 4) is 11.5 Å². The molecule has 0 radical (unpaired) electrons. The van der Waals surface area contributed by atoms with Gasteiger partial charge in [0.25, 0.3) is 0 Å². The van der Waals surface area contributed by atoms with Crippen LogP contribution in [0.5, 0.6) is 11.5 Å². The van der Waals surface area contributed by atoms with Crippen LogP contribution < -0.4 is 25.0 Å². The predicted octanol–water partition coefficient (Wildman–Crippen LogP) is 3.33. The molecule has 0 spiro atoms. The number of halogens is 1. The Bertz CT molecular complexity index is 658. The van der Waals surface area contributed by atoms with Crippen LogP contribution in [0.4, 0.5) is 5.69 Å². The molecule has 3 rings (SSSR count). The van der Waals surface area contributed by atoms with Crippen LogP contribution in [0.15, 0.2) is 23.2 Å². The third-order valence-electron chi connectivity index (χ3n) is 6.10. The van der Waals surface area contributed by atoms with E-state index in [4.69, 9.17) is 9.47 Å². The van der Waals surface area contributed by atoms with Crippen molar-refractivity contribution in [1.29, 1.82) is 0 Å². The first-order chi connectivity index (χ1) is 14.7. The summed E-state index contributed by atoms with van der Waals surface area (Å²) in [5.74, 6) is 2.55. The molecule has 2 aliphatic heterocycles. The second kappa shape index (κ2) is 13.9. The topological polar surface area (TPSA) is 61.4 Å². The summed E-state index contributed by atoms with van der Waals surface area (Å²) in [6.45, 7) is 6.60. The van der Waals surface area contributed by atoms with Crippen molar-refractivity contribution in [3.05, 3.63) is 18.2 Å². The van der Waals surface area contributed by atoms with Crippen LogP contribution in [0, 0.1) is 0 Å². The van der Waals surface area contributed by atoms with Crippen LogP contribution in [0.25, 0.3) is 0 Å². The van der Waals surface area contributed by atoms with Gasteiger partial charge in [-0.25, -0.2) is 0 Å². The Morgan fingerprint density at radius 1 is 1.03 bits per heavy atom. The molecule has 0 bridgehead atoms. The first-order valence-electron chi connectivity index (χ1n) is 11.4. The maximum Gasteiger partial charge on any atom is 0.191 e. The maximum atomic E-state index is 5.42. The van der Waals surface area contributed by atoms with E-state index in [0.717, 1.165) is 55.6 Å². The van der Waals surface area contributed by atoms with E-state index in [-0.39, 0.29) is 24.0 Å². The van der Waals surface area contributed by atoms with Gasteiger partial charge in [0.05, 0.1) is 14.2 Å². The number of guanidine groups is 1. The molecule has 1 aromatic rings. The zero-order valence-corrected chi connectivity index (χ0v) is 21.7. The molecule has 2 saturated heterocycles. The molecule has 0 amide bonds. The SMILES string of the molecule is CN=C(NCCCN1CCCCCC1)NC1CCN(c2cc(OC)cc(OC)c2)C1.I. The molecule has 2 fully saturated rings. The molecule has 2 heterocycles. The molecule has 0 aliphatic carbocycles. The number of aliphatic imine (C=N–C) groups is 1. The lowest BCUT2D eigenvalue weighted by Gasteiger charge is -2.22. The van der Waals surface area contributed by atoms with Crippen LogP contribution in [-0.4, -0.2) is 77.4 Å². The van der Waals surface area contributed by atoms with Gasteiger partial charge in [-0.15, -0.1) is 24.0 Å². The van der Waals surface area contributed by atoms with E-state index in [2.05, 4.69) is 37.6 Å². The van der Waals surface area contributed by atoms with Crippen molar-refractivity contribution < 1.29 is 9.47 Å². The van der Waals surface area contributed by atoms with E-state index in [1.165, 1.54) is 45.3 Å². The molecule has 1 unspecified atom stereocenters. The van der Waals surface area contributed by atoms with Crippen molar-refractivity contribution in [1.82, 2.24) is 15.5 Å². The third kappa shape index (κ3) is 8.21. The normalized spacial score (nSPS) is 20.0. The molecule has 0 saturated carbocycles. The Hall–Kier alpha value is -1.42. The molecule has 7 nitrogen and oxygen atoms in total. The van der Waals surface area contributed by atoms with Gasteiger partial charge in [-0.3, -0.25) is 4.99 Å². The number of nitrogens with one attached hydrogen (secondary N) is 2. The van der Waals surface area contributed by atoms with Gasteiger partial charge in [-0.1, -0.05) is 12.8 Å². The Balaban J connectivity index is 0.00000341. The lowest BCUT2D eigenvalue weighted by atomic mass is 10.2. The zero-order chi connectivity index (χ0) is 21.2. The van der Waals surface area contributed by atoms with E-state index in [1.54, 1.807) is 14.2 Å². The summed E-state index contributed by atoms with van der Waals surface area (Å²) in [5, 5.41) is 7.09. The number of hydrogen-bond donors (Lipinski definition) is 2. The molecule has 0 aromatic heterocycles. The highest BCUT2D eigenvalue weighted by Gasteiger charge is 2.24. The van der Waals surface area contributed by atoms with Gasteiger partial charge in [0.2, 0.25) is 0 Å². The van der Waals surface area contributed by atoms with Crippen LogP contribution >= 0.6 is 24.0 Å². The van der Waals surface area contributed by atoms with Crippen molar-refractivity contribution in [2.45, 2.75) is 44.6 Å². The standard InChI is InChI=1S/C23H39N5O2.HI/c1-24-23(25-10-8-13-27-11-6-4-5-7-12-27)26-19-9-14-28(18-19)20-15-21(29-2)17-22(16-20)30-3;/h15-17,19H,4-14,18H2,1-3H3,(H2,24,25,26);1H. The van der Waals surface area contributed by atoms with E-state index >= 15 is 0 Å². The van der Waals surface area contributed by atoms with E-state index in [0.29, 0.717) is 6.04 Å². The maximum absolute atomic E-state index is 5.42. The summed E-state index contributed by atoms with van der Waals surface area (Å²) in [7, 11) is 5.23. The first kappa shape index (κ1) is 25.8. The molecule has 2 aliphatic rings. The van der Waals surface area contributed by atoms with Gasteiger partial charge in [0, 0.05) is 56.6 Å². The van der Waals surface area contributed by atoms with Crippen molar-refractivity contribution in [3.63, 3.8) is 0 Å². The number of rotatable bonds is 8. The fourth-order valence-corrected chi connectivity index (χ4v) is 4.34. The monoisotopic (exact) mass is 545 g/mol. The Morgan fingerprint density at radius 2 is 1.71 bits per heavy atom. The van der Waals surface area contributed by atoms with Gasteiger partial charge in [-0.05, 0) is 45.3 Å². The van der Waals surface area contributed by atoms with Crippen molar-refractivity contribution in [2.75, 3.05) is 65.4 Å². The van der Waals surface area contributed by atoms with Gasteiger partial charge in [0.1, 0.15) is 11.5 Å². The van der Waals surface area contributed by atoms with Gasteiger partial charge < -0.3 is 29.9 Å². The third-order valence-corrected chi connectivity index (χ3v) is 6.10. The molecular weight excluding hydrogens is 505 g/mol. The summed E-state index contributed by atoms with van der Waals surface area (Å²) in [5.41, 5.74) is 1.14. The number of nitrogens with zero attached hydrogens (tertiary/aromatic N) is 3. The summed E-state index contributed by atoms with van der Waals surface area (Å²) >= 11 is 0. The Kier molecular flexibility index (Phi) is 11.6. The molecule has 1 atom stereocenters. The Labute approximate surface area is 205 Å². The smallest absolute Gasteiger partial charge is 0.191 e. The van der Waals surface area contributed by atoms with Crippen LogP contribution in [0.2, 0.25) is 0 Å². The number of hydrogen-bond acceptors (Lipinski definition) is 5. The fraction of sp³-hybridized carbons (Fsp3) is 0.696. The predicted molar refractivity (Wildman–Crippen MR) is 140 cm³/mol. The second-order valence-electron chi connectivity index (χ2n) is 8.26. The van der Waals surface area contributed by atoms with Crippen molar-refractivity contribution in [2.24, 2.45) is 4.99 Å². The lowest BCUT2D eigenvalue weighted by molar-refractivity contribution is 0.282. The van der Waals surface area contributed by atoms with E-state index < -0.39 is 0 Å². The molecule has 31 heavy (non-hydrogen) atoms. The number of anilines is 1. The quantitative estimate of drug-likeness (QED) is 0.226. The van der Waals surface area contributed by atoms with Crippen LogP contribution in [0.3, 0.4) is 0 Å². The van der Waals surface area contributed by atoms with E-state index in [1.807, 2.05) is 13.1 Å². The second-order valence-corrected chi connectivity index (χ2v) is 8.26. The minimum absolute atomic E-state index is 0. The van der Waals surface area contributed by atoms with Gasteiger partial charge in [-0.2, -0.15) is 0 Å². The number of ether oxygens (including phenoxy) is 2. The minimum Gasteiger partial charge on any atom is -0.497 e. The largest absolute Gasteiger partial charge is 0.497 e. The number of methoxy groups -OCH3 is 2. The summed E-state index contributed by atoms with van der Waals surface area (Å²) < 4.78 is 10.8. The average Bonchev–Trinajstić information content (AvgIpc) is 3.09. The molecule has 8 heteroatoms. The van der Waals surface area contributed by atoms with Gasteiger partial charge >= 0.3 is 0 Å². The average molecular weight is 546 g/mol. The van der Waals surface area contributed by atoms with Crippen LogP contribution in [0.1, 0.15) is 38.5 Å². The molecule has 1 aromatic carbocycles. The number of benzene rings is 1. The summed E-state index contributed by atoms with van der Waals surface area (Å²) in [4.78, 5) is 9.41. The molecule has 176 valence electrons. The first-order valence-corrected chi connectivity index (χ1v) is 11.4. The van der Waals surface area contributed by atoms with Crippen molar-refractivity contribution >= 4 is 35.6 Å². The van der Waals surface area contributed by atoms with Crippen LogP contribution in [-0.2, 0) is 0 Å².